The SMILES string of the molecule is CCOc1ccc([C@H]2[C@@H](C(=O)OC)C(O)=C(C(=O)OC)[C@H](c3ccc(C#N)cc3)C2(C#N)C#N)cc1. The van der Waals surface area contributed by atoms with E-state index in [1.807, 2.05) is 13.0 Å². The molecule has 1 N–H and O–H groups in total. The minimum atomic E-state index is -2.06. The first-order chi connectivity index (χ1) is 17.3. The molecule has 2 aromatic carbocycles. The highest BCUT2D eigenvalue weighted by molar-refractivity contribution is 5.94. The fourth-order valence-electron chi connectivity index (χ4n) is 4.72. The number of aliphatic hydroxyl groups excluding tert-OH is 1. The molecule has 182 valence electrons. The normalized spacial score (nSPS) is 20.3. The van der Waals surface area contributed by atoms with Crippen LogP contribution in [0.1, 0.15) is 35.4 Å². The summed E-state index contributed by atoms with van der Waals surface area (Å²) in [5.41, 5.74) is -1.45. The van der Waals surface area contributed by atoms with E-state index in [0.29, 0.717) is 29.0 Å². The van der Waals surface area contributed by atoms with Gasteiger partial charge in [-0.05, 0) is 42.3 Å². The Kier molecular flexibility index (Phi) is 7.62. The van der Waals surface area contributed by atoms with Gasteiger partial charge in [0, 0.05) is 5.92 Å². The number of nitriles is 3. The van der Waals surface area contributed by atoms with Crippen LogP contribution in [0.25, 0.3) is 0 Å². The number of benzene rings is 2. The number of ether oxygens (including phenoxy) is 3. The molecule has 0 unspecified atom stereocenters. The molecule has 1 aliphatic rings. The molecule has 2 aromatic rings. The first-order valence-electron chi connectivity index (χ1n) is 11.0. The van der Waals surface area contributed by atoms with Crippen molar-refractivity contribution in [2.45, 2.75) is 18.8 Å². The number of aliphatic hydroxyl groups is 1. The van der Waals surface area contributed by atoms with Gasteiger partial charge in [-0.2, -0.15) is 15.8 Å². The lowest BCUT2D eigenvalue weighted by atomic mass is 9.54. The Balaban J connectivity index is 2.42. The fourth-order valence-corrected chi connectivity index (χ4v) is 4.72. The van der Waals surface area contributed by atoms with Crippen LogP contribution < -0.4 is 4.74 Å². The lowest BCUT2D eigenvalue weighted by molar-refractivity contribution is -0.147. The summed E-state index contributed by atoms with van der Waals surface area (Å²) in [5, 5.41) is 41.6. The Morgan fingerprint density at radius 2 is 1.53 bits per heavy atom. The average molecular weight is 485 g/mol. The summed E-state index contributed by atoms with van der Waals surface area (Å²) in [6.07, 6.45) is 0. The monoisotopic (exact) mass is 485 g/mol. The number of rotatable bonds is 6. The summed E-state index contributed by atoms with van der Waals surface area (Å²) in [7, 11) is 2.19. The van der Waals surface area contributed by atoms with Gasteiger partial charge < -0.3 is 19.3 Å². The molecule has 0 spiro atoms. The molecule has 0 amide bonds. The molecule has 0 saturated heterocycles. The van der Waals surface area contributed by atoms with Crippen LogP contribution in [0, 0.1) is 45.3 Å². The predicted octanol–water partition coefficient (Wildman–Crippen LogP) is 3.65. The number of esters is 2. The summed E-state index contributed by atoms with van der Waals surface area (Å²) in [6.45, 7) is 2.23. The highest BCUT2D eigenvalue weighted by Crippen LogP contribution is 2.59. The molecule has 0 aliphatic heterocycles. The summed E-state index contributed by atoms with van der Waals surface area (Å²) in [5.74, 6) is -6.14. The van der Waals surface area contributed by atoms with Crippen molar-refractivity contribution in [2.24, 2.45) is 11.3 Å². The van der Waals surface area contributed by atoms with Gasteiger partial charge in [-0.1, -0.05) is 24.3 Å². The number of methoxy groups -OCH3 is 2. The number of hydrogen-bond acceptors (Lipinski definition) is 9. The van der Waals surface area contributed by atoms with Crippen molar-refractivity contribution in [3.05, 3.63) is 76.6 Å². The number of carbonyl (C=O) groups excluding carboxylic acids is 2. The Bertz CT molecular complexity index is 1300. The second-order valence-electron chi connectivity index (χ2n) is 8.03. The van der Waals surface area contributed by atoms with Gasteiger partial charge in [0.2, 0.25) is 0 Å². The van der Waals surface area contributed by atoms with Crippen molar-refractivity contribution >= 4 is 11.9 Å². The molecule has 3 rings (SSSR count). The molecule has 0 bridgehead atoms. The molecule has 9 nitrogen and oxygen atoms in total. The van der Waals surface area contributed by atoms with E-state index in [0.717, 1.165) is 14.2 Å². The zero-order valence-electron chi connectivity index (χ0n) is 19.9. The molecule has 0 heterocycles. The van der Waals surface area contributed by atoms with Crippen molar-refractivity contribution in [3.63, 3.8) is 0 Å². The molecule has 36 heavy (non-hydrogen) atoms. The molecular weight excluding hydrogens is 462 g/mol. The largest absolute Gasteiger partial charge is 0.511 e. The highest BCUT2D eigenvalue weighted by Gasteiger charge is 2.61. The maximum Gasteiger partial charge on any atom is 0.337 e. The molecule has 9 heteroatoms. The number of carbonyl (C=O) groups is 2. The van der Waals surface area contributed by atoms with E-state index in [1.165, 1.54) is 24.3 Å². The summed E-state index contributed by atoms with van der Waals surface area (Å²) < 4.78 is 15.3. The molecule has 0 fully saturated rings. The van der Waals surface area contributed by atoms with Crippen LogP contribution in [0.3, 0.4) is 0 Å². The fraction of sp³-hybridized carbons (Fsp3) is 0.296. The van der Waals surface area contributed by atoms with Crippen molar-refractivity contribution < 1.29 is 28.9 Å². The zero-order chi connectivity index (χ0) is 26.5. The molecule has 1 aliphatic carbocycles. The zero-order valence-corrected chi connectivity index (χ0v) is 19.9. The lowest BCUT2D eigenvalue weighted by Gasteiger charge is -2.44. The quantitative estimate of drug-likeness (QED) is 0.604. The third-order valence-electron chi connectivity index (χ3n) is 6.29. The Labute approximate surface area is 208 Å². The maximum absolute atomic E-state index is 13.0. The summed E-state index contributed by atoms with van der Waals surface area (Å²) in [6, 6.07) is 18.5. The Morgan fingerprint density at radius 1 is 0.944 bits per heavy atom. The maximum atomic E-state index is 13.0. The van der Waals surface area contributed by atoms with E-state index in [-0.39, 0.29) is 0 Å². The standard InChI is InChI=1S/C27H23N3O6/c1-4-36-19-11-9-18(10-12-19)23-21(26(33)35-3)24(31)20(25(32)34-2)22(27(23,14-29)15-30)17-7-5-16(13-28)6-8-17/h5-12,21-23,31H,4H2,1-3H3/t21-,22+,23+/m1/s1. The third kappa shape index (κ3) is 4.21. The van der Waals surface area contributed by atoms with Crippen LogP contribution in [-0.4, -0.2) is 37.9 Å². The molecular formula is C27H23N3O6. The number of nitrogens with zero attached hydrogens (tertiary/aromatic N) is 3. The van der Waals surface area contributed by atoms with Crippen LogP contribution in [0.2, 0.25) is 0 Å². The van der Waals surface area contributed by atoms with E-state index >= 15 is 0 Å². The van der Waals surface area contributed by atoms with Gasteiger partial charge >= 0.3 is 11.9 Å². The van der Waals surface area contributed by atoms with Crippen molar-refractivity contribution in [3.8, 4) is 24.0 Å². The molecule has 3 atom stereocenters. The van der Waals surface area contributed by atoms with Crippen LogP contribution in [0.5, 0.6) is 5.75 Å². The van der Waals surface area contributed by atoms with E-state index in [1.54, 1.807) is 24.3 Å². The second-order valence-corrected chi connectivity index (χ2v) is 8.03. The third-order valence-corrected chi connectivity index (χ3v) is 6.29. The Hall–Kier alpha value is -4.81. The van der Waals surface area contributed by atoms with E-state index in [9.17, 15) is 30.5 Å². The van der Waals surface area contributed by atoms with Crippen molar-refractivity contribution in [1.29, 1.82) is 15.8 Å². The second kappa shape index (κ2) is 10.6. The molecule has 0 aromatic heterocycles. The molecule has 0 radical (unpaired) electrons. The first kappa shape index (κ1) is 25.8. The predicted molar refractivity (Wildman–Crippen MR) is 125 cm³/mol. The van der Waals surface area contributed by atoms with Gasteiger partial charge in [0.25, 0.3) is 0 Å². The average Bonchev–Trinajstić information content (AvgIpc) is 2.92. The van der Waals surface area contributed by atoms with E-state index in [4.69, 9.17) is 14.2 Å². The van der Waals surface area contributed by atoms with E-state index < -0.39 is 46.4 Å². The van der Waals surface area contributed by atoms with Crippen LogP contribution in [0.4, 0.5) is 0 Å². The van der Waals surface area contributed by atoms with E-state index in [2.05, 4.69) is 12.1 Å². The van der Waals surface area contributed by atoms with Gasteiger partial charge in [0.05, 0.1) is 56.1 Å². The van der Waals surface area contributed by atoms with Crippen LogP contribution in [0.15, 0.2) is 59.9 Å². The van der Waals surface area contributed by atoms with Crippen LogP contribution >= 0.6 is 0 Å². The van der Waals surface area contributed by atoms with Crippen molar-refractivity contribution in [1.82, 2.24) is 0 Å². The Morgan fingerprint density at radius 3 is 2.00 bits per heavy atom. The minimum Gasteiger partial charge on any atom is -0.511 e. The van der Waals surface area contributed by atoms with Gasteiger partial charge in [-0.15, -0.1) is 0 Å². The number of hydrogen-bond donors (Lipinski definition) is 1. The first-order valence-corrected chi connectivity index (χ1v) is 11.0. The van der Waals surface area contributed by atoms with Gasteiger partial charge in [0.15, 0.2) is 5.41 Å². The lowest BCUT2D eigenvalue weighted by Crippen LogP contribution is -2.47. The summed E-state index contributed by atoms with van der Waals surface area (Å²) >= 11 is 0. The summed E-state index contributed by atoms with van der Waals surface area (Å²) in [4.78, 5) is 25.9. The van der Waals surface area contributed by atoms with Gasteiger partial charge in [-0.3, -0.25) is 4.79 Å². The van der Waals surface area contributed by atoms with Crippen LogP contribution in [-0.2, 0) is 19.1 Å². The van der Waals surface area contributed by atoms with Gasteiger partial charge in [-0.25, -0.2) is 4.79 Å². The molecule has 0 saturated carbocycles. The highest BCUT2D eigenvalue weighted by atomic mass is 16.5. The van der Waals surface area contributed by atoms with Gasteiger partial charge in [0.1, 0.15) is 17.4 Å². The smallest absolute Gasteiger partial charge is 0.337 e. The minimum absolute atomic E-state index is 0.309. The topological polar surface area (TPSA) is 153 Å². The van der Waals surface area contributed by atoms with Crippen molar-refractivity contribution in [2.75, 3.05) is 20.8 Å².